The fourth-order valence-electron chi connectivity index (χ4n) is 3.68. The molecule has 0 amide bonds. The van der Waals surface area contributed by atoms with Gasteiger partial charge in [-0.25, -0.2) is 0 Å². The van der Waals surface area contributed by atoms with Crippen molar-refractivity contribution in [2.24, 2.45) is 5.92 Å². The Hall–Kier alpha value is -0.540. The summed E-state index contributed by atoms with van der Waals surface area (Å²) in [5, 5.41) is 10.5. The smallest absolute Gasteiger partial charge is 0.126 e. The van der Waals surface area contributed by atoms with Crippen molar-refractivity contribution in [1.29, 1.82) is 0 Å². The molecule has 1 aliphatic heterocycles. The van der Waals surface area contributed by atoms with Crippen LogP contribution in [0.2, 0.25) is 0 Å². The van der Waals surface area contributed by atoms with Gasteiger partial charge in [0, 0.05) is 16.5 Å². The van der Waals surface area contributed by atoms with Gasteiger partial charge >= 0.3 is 0 Å². The van der Waals surface area contributed by atoms with Crippen LogP contribution in [0.3, 0.4) is 0 Å². The molecule has 0 bridgehead atoms. The normalized spacial score (nSPS) is 33.8. The van der Waals surface area contributed by atoms with Crippen LogP contribution in [0.25, 0.3) is 0 Å². The molecule has 104 valence electrons. The highest BCUT2D eigenvalue weighted by Gasteiger charge is 2.43. The number of rotatable bonds is 1. The van der Waals surface area contributed by atoms with Gasteiger partial charge in [0.2, 0.25) is 0 Å². The van der Waals surface area contributed by atoms with Crippen molar-refractivity contribution in [3.8, 4) is 5.75 Å². The van der Waals surface area contributed by atoms with Crippen LogP contribution in [0.4, 0.5) is 0 Å². The number of ether oxygens (including phenoxy) is 1. The van der Waals surface area contributed by atoms with Gasteiger partial charge in [0.25, 0.3) is 0 Å². The van der Waals surface area contributed by atoms with Crippen LogP contribution in [0.15, 0.2) is 22.7 Å². The van der Waals surface area contributed by atoms with Crippen LogP contribution in [0.5, 0.6) is 5.75 Å². The second kappa shape index (κ2) is 5.10. The molecule has 2 nitrogen and oxygen atoms in total. The molecule has 3 rings (SSSR count). The van der Waals surface area contributed by atoms with Crippen molar-refractivity contribution >= 4 is 15.9 Å². The number of hydrogen-bond acceptors (Lipinski definition) is 2. The minimum Gasteiger partial charge on any atom is -0.487 e. The fourth-order valence-corrected chi connectivity index (χ4v) is 4.06. The topological polar surface area (TPSA) is 29.5 Å². The summed E-state index contributed by atoms with van der Waals surface area (Å²) >= 11 is 3.46. The molecule has 1 aliphatic carbocycles. The summed E-state index contributed by atoms with van der Waals surface area (Å²) in [6.45, 7) is 2.26. The highest BCUT2D eigenvalue weighted by molar-refractivity contribution is 9.10. The number of aliphatic hydroxyl groups is 1. The predicted octanol–water partition coefficient (Wildman–Crippen LogP) is 4.60. The van der Waals surface area contributed by atoms with E-state index in [4.69, 9.17) is 4.74 Å². The van der Waals surface area contributed by atoms with Crippen LogP contribution < -0.4 is 4.74 Å². The third kappa shape index (κ3) is 2.55. The molecular formula is C16H21BrO2. The maximum absolute atomic E-state index is 10.5. The SMILES string of the molecule is CCC1CCCC2(C1)C[C@@H](O)c1cc(Br)ccc1O2. The van der Waals surface area contributed by atoms with E-state index in [1.165, 1.54) is 19.3 Å². The van der Waals surface area contributed by atoms with Gasteiger partial charge in [-0.1, -0.05) is 35.7 Å². The fraction of sp³-hybridized carbons (Fsp3) is 0.625. The number of fused-ring (bicyclic) bond motifs is 1. The van der Waals surface area contributed by atoms with Crippen LogP contribution in [0.1, 0.15) is 57.1 Å². The minimum atomic E-state index is -0.392. The Balaban J connectivity index is 1.89. The van der Waals surface area contributed by atoms with Gasteiger partial charge in [0.1, 0.15) is 11.4 Å². The molecule has 2 aliphatic rings. The zero-order chi connectivity index (χ0) is 13.5. The number of benzene rings is 1. The summed E-state index contributed by atoms with van der Waals surface area (Å²) in [5.74, 6) is 1.62. The lowest BCUT2D eigenvalue weighted by Crippen LogP contribution is -2.45. The molecule has 1 spiro atoms. The molecule has 0 saturated heterocycles. The van der Waals surface area contributed by atoms with Gasteiger partial charge in [-0.3, -0.25) is 0 Å². The first-order valence-electron chi connectivity index (χ1n) is 7.28. The lowest BCUT2D eigenvalue weighted by Gasteiger charge is -2.45. The molecule has 3 atom stereocenters. The highest BCUT2D eigenvalue weighted by atomic mass is 79.9. The molecule has 3 heteroatoms. The van der Waals surface area contributed by atoms with Crippen LogP contribution in [0, 0.1) is 5.92 Å². The van der Waals surface area contributed by atoms with Gasteiger partial charge < -0.3 is 9.84 Å². The third-order valence-electron chi connectivity index (χ3n) is 4.71. The summed E-state index contributed by atoms with van der Waals surface area (Å²) < 4.78 is 7.34. The molecule has 1 aromatic rings. The largest absolute Gasteiger partial charge is 0.487 e. The zero-order valence-electron chi connectivity index (χ0n) is 11.4. The summed E-state index contributed by atoms with van der Waals surface area (Å²) in [7, 11) is 0. The molecule has 0 aromatic heterocycles. The number of halogens is 1. The first-order valence-corrected chi connectivity index (χ1v) is 8.08. The quantitative estimate of drug-likeness (QED) is 0.817. The zero-order valence-corrected chi connectivity index (χ0v) is 12.9. The molecule has 1 aromatic carbocycles. The molecule has 2 unspecified atom stereocenters. The Morgan fingerprint density at radius 3 is 3.05 bits per heavy atom. The highest BCUT2D eigenvalue weighted by Crippen LogP contribution is 2.48. The van der Waals surface area contributed by atoms with Crippen molar-refractivity contribution in [3.63, 3.8) is 0 Å². The van der Waals surface area contributed by atoms with Gasteiger partial charge in [-0.15, -0.1) is 0 Å². The van der Waals surface area contributed by atoms with Crippen molar-refractivity contribution < 1.29 is 9.84 Å². The molecule has 1 fully saturated rings. The molecule has 1 heterocycles. The summed E-state index contributed by atoms with van der Waals surface area (Å²) in [6.07, 6.45) is 6.27. The lowest BCUT2D eigenvalue weighted by molar-refractivity contribution is -0.0521. The van der Waals surface area contributed by atoms with Gasteiger partial charge in [-0.2, -0.15) is 0 Å². The van der Waals surface area contributed by atoms with E-state index < -0.39 is 6.10 Å². The molecule has 0 radical (unpaired) electrons. The summed E-state index contributed by atoms with van der Waals surface area (Å²) in [6, 6.07) is 5.96. The van der Waals surface area contributed by atoms with Gasteiger partial charge in [0.05, 0.1) is 6.10 Å². The number of aliphatic hydroxyl groups excluding tert-OH is 1. The molecule has 1 saturated carbocycles. The van der Waals surface area contributed by atoms with Crippen LogP contribution in [-0.2, 0) is 0 Å². The Morgan fingerprint density at radius 2 is 2.26 bits per heavy atom. The average Bonchev–Trinajstić information content (AvgIpc) is 2.40. The maximum Gasteiger partial charge on any atom is 0.126 e. The summed E-state index contributed by atoms with van der Waals surface area (Å²) in [4.78, 5) is 0. The average molecular weight is 325 g/mol. The van der Waals surface area contributed by atoms with Gasteiger partial charge in [0.15, 0.2) is 0 Å². The first-order chi connectivity index (χ1) is 9.12. The van der Waals surface area contributed by atoms with E-state index in [0.717, 1.165) is 41.0 Å². The second-order valence-electron chi connectivity index (χ2n) is 6.06. The van der Waals surface area contributed by atoms with Gasteiger partial charge in [-0.05, 0) is 43.4 Å². The van der Waals surface area contributed by atoms with Crippen LogP contribution >= 0.6 is 15.9 Å². The molecule has 19 heavy (non-hydrogen) atoms. The van der Waals surface area contributed by atoms with E-state index in [9.17, 15) is 5.11 Å². The van der Waals surface area contributed by atoms with E-state index in [1.807, 2.05) is 18.2 Å². The summed E-state index contributed by atoms with van der Waals surface area (Å²) in [5.41, 5.74) is 0.803. The molecular weight excluding hydrogens is 304 g/mol. The molecule has 1 N–H and O–H groups in total. The maximum atomic E-state index is 10.5. The minimum absolute atomic E-state index is 0.126. The third-order valence-corrected chi connectivity index (χ3v) is 5.20. The Bertz CT molecular complexity index is 474. The Kier molecular flexibility index (Phi) is 3.61. The van der Waals surface area contributed by atoms with E-state index in [1.54, 1.807) is 0 Å². The van der Waals surface area contributed by atoms with Crippen molar-refractivity contribution in [2.75, 3.05) is 0 Å². The van der Waals surface area contributed by atoms with Crippen molar-refractivity contribution in [1.82, 2.24) is 0 Å². The Labute approximate surface area is 123 Å². The van der Waals surface area contributed by atoms with E-state index in [-0.39, 0.29) is 5.60 Å². The van der Waals surface area contributed by atoms with E-state index in [2.05, 4.69) is 22.9 Å². The lowest BCUT2D eigenvalue weighted by atomic mass is 9.72. The standard InChI is InChI=1S/C16H21BrO2/c1-2-11-4-3-7-16(9-11)10-14(18)13-8-12(17)5-6-15(13)19-16/h5-6,8,11,14,18H,2-4,7,9-10H2,1H3/t11?,14-,16?/m1/s1. The van der Waals surface area contributed by atoms with E-state index >= 15 is 0 Å². The van der Waals surface area contributed by atoms with Crippen molar-refractivity contribution in [2.45, 2.75) is 57.2 Å². The predicted molar refractivity (Wildman–Crippen MR) is 79.3 cm³/mol. The van der Waals surface area contributed by atoms with E-state index in [0.29, 0.717) is 0 Å². The Morgan fingerprint density at radius 1 is 1.42 bits per heavy atom. The van der Waals surface area contributed by atoms with Crippen LogP contribution in [-0.4, -0.2) is 10.7 Å². The second-order valence-corrected chi connectivity index (χ2v) is 6.97. The number of hydrogen-bond donors (Lipinski definition) is 1. The van der Waals surface area contributed by atoms with Crippen molar-refractivity contribution in [3.05, 3.63) is 28.2 Å². The first kappa shape index (κ1) is 13.4. The monoisotopic (exact) mass is 324 g/mol.